The Bertz CT molecular complexity index is 795. The van der Waals surface area contributed by atoms with E-state index >= 15 is 0 Å². The van der Waals surface area contributed by atoms with Gasteiger partial charge in [-0.25, -0.2) is 8.78 Å². The fraction of sp³-hybridized carbons (Fsp3) is 0.500. The third kappa shape index (κ3) is 4.55. The van der Waals surface area contributed by atoms with Crippen molar-refractivity contribution in [3.8, 4) is 5.75 Å². The van der Waals surface area contributed by atoms with Gasteiger partial charge in [0.2, 0.25) is 0 Å². The van der Waals surface area contributed by atoms with Crippen LogP contribution in [0.4, 0.5) is 22.0 Å². The molecule has 3 rings (SSSR count). The van der Waals surface area contributed by atoms with Crippen LogP contribution in [0, 0.1) is 5.92 Å². The van der Waals surface area contributed by atoms with Gasteiger partial charge in [0.1, 0.15) is 5.75 Å². The maximum Gasteiger partial charge on any atom is 0.391 e. The summed E-state index contributed by atoms with van der Waals surface area (Å²) in [5, 5.41) is 1.09. The largest absolute Gasteiger partial charge is 0.490 e. The Morgan fingerprint density at radius 2 is 1.67 bits per heavy atom. The van der Waals surface area contributed by atoms with Gasteiger partial charge in [-0.1, -0.05) is 34.1 Å². The Labute approximate surface area is 163 Å². The second-order valence-corrected chi connectivity index (χ2v) is 8.38. The molecular weight excluding hydrogens is 431 g/mol. The molecule has 0 heterocycles. The Morgan fingerprint density at radius 3 is 2.22 bits per heavy atom. The molecule has 1 saturated carbocycles. The van der Waals surface area contributed by atoms with E-state index in [0.29, 0.717) is 10.8 Å². The molecule has 1 aliphatic carbocycles. The average Bonchev–Trinajstić information content (AvgIpc) is 2.60. The van der Waals surface area contributed by atoms with Crippen molar-refractivity contribution >= 4 is 26.7 Å². The van der Waals surface area contributed by atoms with Crippen molar-refractivity contribution in [3.63, 3.8) is 0 Å². The van der Waals surface area contributed by atoms with E-state index in [1.54, 1.807) is 18.2 Å². The van der Waals surface area contributed by atoms with E-state index in [2.05, 4.69) is 15.9 Å². The van der Waals surface area contributed by atoms with Crippen LogP contribution in [0.1, 0.15) is 55.0 Å². The van der Waals surface area contributed by atoms with Gasteiger partial charge in [-0.2, -0.15) is 13.2 Å². The Hall–Kier alpha value is -1.37. The van der Waals surface area contributed by atoms with Crippen LogP contribution >= 0.6 is 15.9 Å². The summed E-state index contributed by atoms with van der Waals surface area (Å²) in [6, 6.07) is 8.57. The molecule has 0 N–H and O–H groups in total. The molecule has 148 valence electrons. The van der Waals surface area contributed by atoms with E-state index < -0.39 is 24.6 Å². The molecule has 1 unspecified atom stereocenters. The third-order valence-electron chi connectivity index (χ3n) is 5.16. The minimum Gasteiger partial charge on any atom is -0.490 e. The zero-order valence-corrected chi connectivity index (χ0v) is 16.3. The van der Waals surface area contributed by atoms with E-state index in [-0.39, 0.29) is 41.8 Å². The number of benzene rings is 2. The van der Waals surface area contributed by atoms with Gasteiger partial charge in [0.25, 0.3) is 6.43 Å². The lowest BCUT2D eigenvalue weighted by molar-refractivity contribution is -0.185. The summed E-state index contributed by atoms with van der Waals surface area (Å²) < 4.78 is 71.8. The van der Waals surface area contributed by atoms with E-state index in [0.717, 1.165) is 5.56 Å². The molecule has 0 saturated heterocycles. The van der Waals surface area contributed by atoms with Gasteiger partial charge in [0.05, 0.1) is 17.6 Å². The Balaban J connectivity index is 1.87. The van der Waals surface area contributed by atoms with Crippen molar-refractivity contribution in [2.45, 2.75) is 56.1 Å². The van der Waals surface area contributed by atoms with Crippen LogP contribution in [-0.4, -0.2) is 12.3 Å². The first-order valence-electron chi connectivity index (χ1n) is 8.89. The number of ether oxygens (including phenoxy) is 1. The summed E-state index contributed by atoms with van der Waals surface area (Å²) in [6.07, 6.45) is -7.06. The molecule has 0 radical (unpaired) electrons. The number of hydrogen-bond donors (Lipinski definition) is 0. The molecule has 2 aromatic rings. The van der Waals surface area contributed by atoms with Crippen LogP contribution in [0.5, 0.6) is 5.75 Å². The Morgan fingerprint density at radius 1 is 1.04 bits per heavy atom. The number of halogens is 6. The highest BCUT2D eigenvalue weighted by Crippen LogP contribution is 2.41. The van der Waals surface area contributed by atoms with Crippen molar-refractivity contribution in [1.82, 2.24) is 0 Å². The van der Waals surface area contributed by atoms with Gasteiger partial charge < -0.3 is 4.74 Å². The normalized spacial score (nSPS) is 22.2. The lowest BCUT2D eigenvalue weighted by Gasteiger charge is -2.30. The number of fused-ring (bicyclic) bond motifs is 1. The molecule has 0 amide bonds. The van der Waals surface area contributed by atoms with Crippen LogP contribution in [0.2, 0.25) is 0 Å². The maximum atomic E-state index is 13.8. The van der Waals surface area contributed by atoms with Gasteiger partial charge >= 0.3 is 6.18 Å². The average molecular weight is 451 g/mol. The fourth-order valence-corrected chi connectivity index (χ4v) is 3.89. The van der Waals surface area contributed by atoms with Crippen LogP contribution in [0.15, 0.2) is 30.3 Å². The second-order valence-electron chi connectivity index (χ2n) is 7.01. The maximum absolute atomic E-state index is 13.8. The lowest BCUT2D eigenvalue weighted by atomic mass is 9.87. The zero-order chi connectivity index (χ0) is 19.8. The molecule has 0 aliphatic heterocycles. The molecule has 1 aliphatic rings. The predicted octanol–water partition coefficient (Wildman–Crippen LogP) is 7.73. The first kappa shape index (κ1) is 20.4. The molecule has 2 aromatic carbocycles. The van der Waals surface area contributed by atoms with Crippen molar-refractivity contribution < 1.29 is 26.7 Å². The first-order chi connectivity index (χ1) is 12.7. The van der Waals surface area contributed by atoms with Gasteiger partial charge in [-0.05, 0) is 61.1 Å². The highest BCUT2D eigenvalue weighted by Gasteiger charge is 2.42. The number of hydrogen-bond acceptors (Lipinski definition) is 1. The summed E-state index contributed by atoms with van der Waals surface area (Å²) in [6.45, 7) is 1.91. The molecule has 1 atom stereocenters. The molecular formula is C20H20BrF5O. The SMILES string of the molecule is CC(Br)c1ccc2ccc(OC3CCC(C(F)(F)F)CC3)c(C(F)F)c2c1. The molecule has 1 nitrogen and oxygen atoms in total. The molecule has 0 bridgehead atoms. The highest BCUT2D eigenvalue weighted by molar-refractivity contribution is 9.09. The highest BCUT2D eigenvalue weighted by atomic mass is 79.9. The molecule has 0 spiro atoms. The van der Waals surface area contributed by atoms with Crippen LogP contribution < -0.4 is 4.74 Å². The summed E-state index contributed by atoms with van der Waals surface area (Å²) in [4.78, 5) is 0.00893. The zero-order valence-electron chi connectivity index (χ0n) is 14.7. The molecule has 7 heteroatoms. The van der Waals surface area contributed by atoms with Crippen LogP contribution in [0.25, 0.3) is 10.8 Å². The van der Waals surface area contributed by atoms with E-state index in [1.807, 2.05) is 13.0 Å². The summed E-state index contributed by atoms with van der Waals surface area (Å²) in [5.74, 6) is -1.26. The van der Waals surface area contributed by atoms with Crippen molar-refractivity contribution in [3.05, 3.63) is 41.5 Å². The summed E-state index contributed by atoms with van der Waals surface area (Å²) in [7, 11) is 0. The minimum atomic E-state index is -4.20. The quantitative estimate of drug-likeness (QED) is 0.342. The lowest BCUT2D eigenvalue weighted by Crippen LogP contribution is -2.32. The first-order valence-corrected chi connectivity index (χ1v) is 9.80. The summed E-state index contributed by atoms with van der Waals surface area (Å²) >= 11 is 3.44. The number of rotatable bonds is 4. The van der Waals surface area contributed by atoms with Gasteiger partial charge in [-0.15, -0.1) is 0 Å². The standard InChI is InChI=1S/C20H20BrF5O/c1-11(21)13-3-2-12-4-9-17(18(19(22)23)16(12)10-13)27-15-7-5-14(6-8-15)20(24,25)26/h2-4,9-11,14-15,19H,5-8H2,1H3. The monoisotopic (exact) mass is 450 g/mol. The predicted molar refractivity (Wildman–Crippen MR) is 98.7 cm³/mol. The third-order valence-corrected chi connectivity index (χ3v) is 5.68. The molecule has 1 fully saturated rings. The topological polar surface area (TPSA) is 9.23 Å². The van der Waals surface area contributed by atoms with Crippen molar-refractivity contribution in [2.75, 3.05) is 0 Å². The van der Waals surface area contributed by atoms with Gasteiger partial charge in [0, 0.05) is 4.83 Å². The molecule has 27 heavy (non-hydrogen) atoms. The smallest absolute Gasteiger partial charge is 0.391 e. The van der Waals surface area contributed by atoms with Crippen LogP contribution in [-0.2, 0) is 0 Å². The van der Waals surface area contributed by atoms with E-state index in [9.17, 15) is 22.0 Å². The van der Waals surface area contributed by atoms with Crippen LogP contribution in [0.3, 0.4) is 0 Å². The molecule has 0 aromatic heterocycles. The minimum absolute atomic E-state index is 0.00893. The van der Waals surface area contributed by atoms with Gasteiger partial charge in [0.15, 0.2) is 0 Å². The second kappa shape index (κ2) is 7.94. The Kier molecular flexibility index (Phi) is 5.99. The van der Waals surface area contributed by atoms with E-state index in [1.165, 1.54) is 6.07 Å². The summed E-state index contributed by atoms with van der Waals surface area (Å²) in [5.41, 5.74) is 0.674. The number of alkyl halides is 6. The van der Waals surface area contributed by atoms with Crippen molar-refractivity contribution in [2.24, 2.45) is 5.92 Å². The van der Waals surface area contributed by atoms with Crippen molar-refractivity contribution in [1.29, 1.82) is 0 Å². The van der Waals surface area contributed by atoms with Gasteiger partial charge in [-0.3, -0.25) is 0 Å². The van der Waals surface area contributed by atoms with E-state index in [4.69, 9.17) is 4.74 Å². The fourth-order valence-electron chi connectivity index (χ4n) is 3.60.